The molecule has 0 radical (unpaired) electrons. The molecule has 3 aromatic rings. The standard InChI is InChI=1S/C21H23N5O/c27-21(20-16-26(24-23-20)19-9-5-2-6-10-19)25(18-7-3-1-4-8-18)15-17-11-13-22-14-12-17/h2,5-6,9-14,16,18H,1,3-4,7-8,15H2. The summed E-state index contributed by atoms with van der Waals surface area (Å²) in [5.74, 6) is -0.0547. The van der Waals surface area contributed by atoms with E-state index in [1.54, 1.807) is 23.3 Å². The van der Waals surface area contributed by atoms with Crippen LogP contribution in [0.1, 0.15) is 48.2 Å². The Hall–Kier alpha value is -3.02. The topological polar surface area (TPSA) is 63.9 Å². The maximum Gasteiger partial charge on any atom is 0.276 e. The number of hydrogen-bond acceptors (Lipinski definition) is 4. The van der Waals surface area contributed by atoms with E-state index in [1.165, 1.54) is 19.3 Å². The minimum Gasteiger partial charge on any atom is -0.330 e. The number of aromatic nitrogens is 4. The maximum atomic E-state index is 13.3. The molecule has 0 saturated heterocycles. The Morgan fingerprint density at radius 2 is 1.78 bits per heavy atom. The second-order valence-corrected chi connectivity index (χ2v) is 6.96. The van der Waals surface area contributed by atoms with Crippen LogP contribution < -0.4 is 0 Å². The van der Waals surface area contributed by atoms with Gasteiger partial charge >= 0.3 is 0 Å². The van der Waals surface area contributed by atoms with Crippen molar-refractivity contribution in [3.8, 4) is 5.69 Å². The van der Waals surface area contributed by atoms with E-state index in [9.17, 15) is 4.79 Å². The van der Waals surface area contributed by atoms with Crippen molar-refractivity contribution >= 4 is 5.91 Å². The summed E-state index contributed by atoms with van der Waals surface area (Å²) >= 11 is 0. The van der Waals surface area contributed by atoms with Crippen molar-refractivity contribution in [2.24, 2.45) is 0 Å². The molecule has 4 rings (SSSR count). The van der Waals surface area contributed by atoms with Gasteiger partial charge in [0.15, 0.2) is 5.69 Å². The van der Waals surface area contributed by atoms with Gasteiger partial charge in [0.25, 0.3) is 5.91 Å². The highest BCUT2D eigenvalue weighted by Gasteiger charge is 2.28. The van der Waals surface area contributed by atoms with Crippen molar-refractivity contribution < 1.29 is 4.79 Å². The average molecular weight is 361 g/mol. The molecule has 1 amide bonds. The molecule has 6 nitrogen and oxygen atoms in total. The van der Waals surface area contributed by atoms with Gasteiger partial charge in [-0.15, -0.1) is 5.10 Å². The predicted octanol–water partition coefficient (Wildman–Crippen LogP) is 3.64. The fraction of sp³-hybridized carbons (Fsp3) is 0.333. The lowest BCUT2D eigenvalue weighted by molar-refractivity contribution is 0.0608. The highest BCUT2D eigenvalue weighted by molar-refractivity contribution is 5.92. The SMILES string of the molecule is O=C(c1cn(-c2ccccc2)nn1)N(Cc1ccncc1)C1CCCCC1. The van der Waals surface area contributed by atoms with Gasteiger partial charge in [-0.1, -0.05) is 42.7 Å². The van der Waals surface area contributed by atoms with Crippen molar-refractivity contribution in [3.63, 3.8) is 0 Å². The third-order valence-corrected chi connectivity index (χ3v) is 5.11. The van der Waals surface area contributed by atoms with Gasteiger partial charge in [0, 0.05) is 25.0 Å². The Morgan fingerprint density at radius 1 is 1.04 bits per heavy atom. The first-order chi connectivity index (χ1) is 13.3. The third kappa shape index (κ3) is 4.05. The normalized spacial score (nSPS) is 14.8. The van der Waals surface area contributed by atoms with Gasteiger partial charge in [-0.05, 0) is 42.7 Å². The Labute approximate surface area is 158 Å². The fourth-order valence-corrected chi connectivity index (χ4v) is 3.66. The van der Waals surface area contributed by atoms with E-state index in [0.29, 0.717) is 12.2 Å². The van der Waals surface area contributed by atoms with Crippen LogP contribution in [0.2, 0.25) is 0 Å². The zero-order valence-corrected chi connectivity index (χ0v) is 15.2. The predicted molar refractivity (Wildman–Crippen MR) is 102 cm³/mol. The van der Waals surface area contributed by atoms with Crippen molar-refractivity contribution in [1.29, 1.82) is 0 Å². The van der Waals surface area contributed by atoms with Crippen LogP contribution in [-0.2, 0) is 6.54 Å². The lowest BCUT2D eigenvalue weighted by Crippen LogP contribution is -2.41. The first kappa shape index (κ1) is 17.4. The fourth-order valence-electron chi connectivity index (χ4n) is 3.66. The number of carbonyl (C=O) groups excluding carboxylic acids is 1. The number of benzene rings is 1. The molecule has 0 N–H and O–H groups in total. The van der Waals surface area contributed by atoms with Crippen molar-refractivity contribution in [1.82, 2.24) is 24.9 Å². The molecule has 0 atom stereocenters. The van der Waals surface area contributed by atoms with Crippen molar-refractivity contribution in [2.45, 2.75) is 44.7 Å². The highest BCUT2D eigenvalue weighted by atomic mass is 16.2. The molecule has 1 aliphatic carbocycles. The second-order valence-electron chi connectivity index (χ2n) is 6.96. The molecule has 1 aliphatic rings. The number of rotatable bonds is 5. The zero-order chi connectivity index (χ0) is 18.5. The van der Waals surface area contributed by atoms with E-state index in [1.807, 2.05) is 47.4 Å². The first-order valence-corrected chi connectivity index (χ1v) is 9.49. The van der Waals surface area contributed by atoms with Gasteiger partial charge in [-0.3, -0.25) is 9.78 Å². The molecular formula is C21H23N5O. The molecule has 1 fully saturated rings. The first-order valence-electron chi connectivity index (χ1n) is 9.49. The summed E-state index contributed by atoms with van der Waals surface area (Å²) in [6.07, 6.45) is 10.9. The van der Waals surface area contributed by atoms with Gasteiger partial charge in [0.1, 0.15) is 0 Å². The largest absolute Gasteiger partial charge is 0.330 e. The molecule has 27 heavy (non-hydrogen) atoms. The average Bonchev–Trinajstić information content (AvgIpc) is 3.24. The summed E-state index contributed by atoms with van der Waals surface area (Å²) in [5, 5.41) is 8.31. The number of hydrogen-bond donors (Lipinski definition) is 0. The number of carbonyl (C=O) groups is 1. The van der Waals surface area contributed by atoms with Crippen molar-refractivity contribution in [3.05, 3.63) is 72.3 Å². The Balaban J connectivity index is 1.59. The van der Waals surface area contributed by atoms with E-state index < -0.39 is 0 Å². The minimum absolute atomic E-state index is 0.0547. The van der Waals surface area contributed by atoms with Crippen LogP contribution in [0.4, 0.5) is 0 Å². The molecule has 1 saturated carbocycles. The van der Waals surface area contributed by atoms with Crippen LogP contribution in [0.15, 0.2) is 61.1 Å². The highest BCUT2D eigenvalue weighted by Crippen LogP contribution is 2.25. The summed E-state index contributed by atoms with van der Waals surface area (Å²) in [4.78, 5) is 19.3. The Kier molecular flexibility index (Phi) is 5.23. The van der Waals surface area contributed by atoms with Gasteiger partial charge in [0.2, 0.25) is 0 Å². The zero-order valence-electron chi connectivity index (χ0n) is 15.2. The Bertz CT molecular complexity index is 872. The molecule has 0 unspecified atom stereocenters. The summed E-state index contributed by atoms with van der Waals surface area (Å²) in [5.41, 5.74) is 2.36. The van der Waals surface area contributed by atoms with Crippen molar-refractivity contribution in [2.75, 3.05) is 0 Å². The summed E-state index contributed by atoms with van der Waals surface area (Å²) in [6, 6.07) is 13.9. The van der Waals surface area contributed by atoms with E-state index in [4.69, 9.17) is 0 Å². The van der Waals surface area contributed by atoms with Gasteiger partial charge in [-0.25, -0.2) is 4.68 Å². The van der Waals surface area contributed by atoms with Crippen LogP contribution in [-0.4, -0.2) is 36.8 Å². The molecule has 2 aromatic heterocycles. The van der Waals surface area contributed by atoms with E-state index >= 15 is 0 Å². The van der Waals surface area contributed by atoms with Crippen LogP contribution in [0, 0.1) is 0 Å². The molecule has 2 heterocycles. The molecule has 0 spiro atoms. The molecule has 1 aromatic carbocycles. The molecule has 138 valence electrons. The molecule has 0 aliphatic heterocycles. The van der Waals surface area contributed by atoms with Crippen LogP contribution in [0.3, 0.4) is 0 Å². The lowest BCUT2D eigenvalue weighted by atomic mass is 9.93. The lowest BCUT2D eigenvalue weighted by Gasteiger charge is -2.34. The van der Waals surface area contributed by atoms with Gasteiger partial charge < -0.3 is 4.90 Å². The molecular weight excluding hydrogens is 338 g/mol. The Morgan fingerprint density at radius 3 is 2.52 bits per heavy atom. The number of para-hydroxylation sites is 1. The number of amides is 1. The summed E-state index contributed by atoms with van der Waals surface area (Å²) in [7, 11) is 0. The molecule has 0 bridgehead atoms. The maximum absolute atomic E-state index is 13.3. The monoisotopic (exact) mass is 361 g/mol. The smallest absolute Gasteiger partial charge is 0.276 e. The minimum atomic E-state index is -0.0547. The van der Waals surface area contributed by atoms with E-state index in [2.05, 4.69) is 15.3 Å². The van der Waals surface area contributed by atoms with Gasteiger partial charge in [-0.2, -0.15) is 0 Å². The van der Waals surface area contributed by atoms with Crippen LogP contribution >= 0.6 is 0 Å². The van der Waals surface area contributed by atoms with Crippen LogP contribution in [0.5, 0.6) is 0 Å². The quantitative estimate of drug-likeness (QED) is 0.696. The number of nitrogens with zero attached hydrogens (tertiary/aromatic N) is 5. The van der Waals surface area contributed by atoms with Gasteiger partial charge in [0.05, 0.1) is 11.9 Å². The summed E-state index contributed by atoms with van der Waals surface area (Å²) in [6.45, 7) is 0.574. The third-order valence-electron chi connectivity index (χ3n) is 5.11. The molecule has 6 heteroatoms. The van der Waals surface area contributed by atoms with Crippen LogP contribution in [0.25, 0.3) is 5.69 Å². The number of pyridine rings is 1. The second kappa shape index (κ2) is 8.12. The summed E-state index contributed by atoms with van der Waals surface area (Å²) < 4.78 is 1.65. The van der Waals surface area contributed by atoms with E-state index in [0.717, 1.165) is 24.1 Å². The van der Waals surface area contributed by atoms with E-state index in [-0.39, 0.29) is 11.9 Å².